The highest BCUT2D eigenvalue weighted by molar-refractivity contribution is 5.92. The lowest BCUT2D eigenvalue weighted by molar-refractivity contribution is -0.129. The number of rotatable bonds is 5. The van der Waals surface area contributed by atoms with Gasteiger partial charge in [-0.25, -0.2) is 9.37 Å². The van der Waals surface area contributed by atoms with Gasteiger partial charge in [-0.15, -0.1) is 0 Å². The third kappa shape index (κ3) is 4.74. The van der Waals surface area contributed by atoms with Crippen LogP contribution < -0.4 is 21.7 Å². The molecule has 2 amide bonds. The van der Waals surface area contributed by atoms with Crippen molar-refractivity contribution < 1.29 is 14.0 Å². The molecule has 0 spiro atoms. The maximum absolute atomic E-state index is 13.2. The molecule has 2 aromatic rings. The number of benzene rings is 1. The van der Waals surface area contributed by atoms with Crippen LogP contribution in [0.25, 0.3) is 5.57 Å². The number of nitrogen functional groups attached to an aromatic ring is 1. The van der Waals surface area contributed by atoms with Gasteiger partial charge in [0.05, 0.1) is 6.04 Å². The Balaban J connectivity index is 1.36. The Labute approximate surface area is 180 Å². The van der Waals surface area contributed by atoms with Gasteiger partial charge in [-0.3, -0.25) is 9.59 Å². The van der Waals surface area contributed by atoms with Crippen LogP contribution >= 0.6 is 0 Å². The second-order valence-corrected chi connectivity index (χ2v) is 7.98. The van der Waals surface area contributed by atoms with Crippen molar-refractivity contribution in [3.8, 4) is 0 Å². The number of aryl methyl sites for hydroxylation is 1. The van der Waals surface area contributed by atoms with E-state index in [1.165, 1.54) is 12.1 Å². The third-order valence-electron chi connectivity index (χ3n) is 5.77. The molecule has 0 saturated carbocycles. The molecule has 1 aliphatic carbocycles. The van der Waals surface area contributed by atoms with Gasteiger partial charge in [0.25, 0.3) is 0 Å². The molecule has 2 aliphatic rings. The summed E-state index contributed by atoms with van der Waals surface area (Å²) in [7, 11) is 0. The normalized spacial score (nSPS) is 21.0. The number of aromatic nitrogens is 1. The average molecular weight is 423 g/mol. The van der Waals surface area contributed by atoms with Crippen molar-refractivity contribution in [1.82, 2.24) is 20.9 Å². The number of pyridine rings is 1. The van der Waals surface area contributed by atoms with Crippen molar-refractivity contribution in [3.63, 3.8) is 0 Å². The summed E-state index contributed by atoms with van der Waals surface area (Å²) in [5.41, 5.74) is 9.48. The maximum Gasteiger partial charge on any atom is 0.242 e. The lowest BCUT2D eigenvalue weighted by Gasteiger charge is -2.24. The molecule has 1 aromatic carbocycles. The van der Waals surface area contributed by atoms with Gasteiger partial charge in [0, 0.05) is 12.2 Å². The Hall–Kier alpha value is -3.26. The minimum absolute atomic E-state index is 0.132. The van der Waals surface area contributed by atoms with E-state index in [1.807, 2.05) is 12.1 Å². The van der Waals surface area contributed by atoms with Crippen molar-refractivity contribution in [2.75, 3.05) is 12.3 Å². The number of fused-ring (bicyclic) bond motifs is 1. The van der Waals surface area contributed by atoms with E-state index in [0.29, 0.717) is 12.4 Å². The van der Waals surface area contributed by atoms with Gasteiger partial charge in [0.2, 0.25) is 11.8 Å². The zero-order chi connectivity index (χ0) is 22.0. The summed E-state index contributed by atoms with van der Waals surface area (Å²) in [4.78, 5) is 29.7. The molecule has 8 heteroatoms. The summed E-state index contributed by atoms with van der Waals surface area (Å²) in [5.74, 6) is -0.347. The maximum atomic E-state index is 13.2. The van der Waals surface area contributed by atoms with E-state index in [0.717, 1.165) is 41.7 Å². The Bertz CT molecular complexity index is 1020. The number of hydrogen-bond donors (Lipinski definition) is 4. The minimum Gasteiger partial charge on any atom is -0.384 e. The van der Waals surface area contributed by atoms with Crippen molar-refractivity contribution >= 4 is 23.2 Å². The number of carbonyl (C=O) groups excluding carboxylic acids is 2. The van der Waals surface area contributed by atoms with E-state index >= 15 is 0 Å². The zero-order valence-corrected chi connectivity index (χ0v) is 17.3. The Kier molecular flexibility index (Phi) is 5.99. The molecule has 0 fully saturated rings. The number of anilines is 1. The van der Waals surface area contributed by atoms with Gasteiger partial charge in [0.1, 0.15) is 23.7 Å². The molecule has 2 heterocycles. The smallest absolute Gasteiger partial charge is 0.242 e. The summed E-state index contributed by atoms with van der Waals surface area (Å²) in [6.07, 6.45) is 4.09. The lowest BCUT2D eigenvalue weighted by atomic mass is 9.96. The van der Waals surface area contributed by atoms with Crippen molar-refractivity contribution in [1.29, 1.82) is 0 Å². The van der Waals surface area contributed by atoms with E-state index in [2.05, 4.69) is 20.9 Å². The predicted octanol–water partition coefficient (Wildman–Crippen LogP) is 1.86. The summed E-state index contributed by atoms with van der Waals surface area (Å²) >= 11 is 0. The monoisotopic (exact) mass is 423 g/mol. The molecule has 3 atom stereocenters. The number of nitrogens with zero attached hydrogens (tertiary/aromatic N) is 1. The molecule has 31 heavy (non-hydrogen) atoms. The molecule has 0 bridgehead atoms. The first-order valence-corrected chi connectivity index (χ1v) is 10.5. The van der Waals surface area contributed by atoms with Crippen molar-refractivity contribution in [2.45, 2.75) is 44.3 Å². The fourth-order valence-corrected chi connectivity index (χ4v) is 4.08. The standard InChI is InChI=1S/C23H26FN5O2/c1-13(22(30)29-19-8-7-18-17(19)6-9-21(25)28-18)27-23(31)20-12-15(10-11-26-20)14-2-4-16(24)5-3-14/h2-6,9,12-13,19-20,26H,7-8,10-11H2,1H3,(H2,25,28)(H,27,31)(H,29,30)/t13?,19-,20+/m1/s1. The van der Waals surface area contributed by atoms with Crippen LogP contribution in [-0.2, 0) is 16.0 Å². The second-order valence-electron chi connectivity index (χ2n) is 7.98. The summed E-state index contributed by atoms with van der Waals surface area (Å²) in [5, 5.41) is 8.93. The topological polar surface area (TPSA) is 109 Å². The molecule has 7 nitrogen and oxygen atoms in total. The van der Waals surface area contributed by atoms with Gasteiger partial charge in [-0.2, -0.15) is 0 Å². The van der Waals surface area contributed by atoms with Gasteiger partial charge >= 0.3 is 0 Å². The van der Waals surface area contributed by atoms with E-state index in [4.69, 9.17) is 5.73 Å². The Morgan fingerprint density at radius 2 is 1.97 bits per heavy atom. The highest BCUT2D eigenvalue weighted by atomic mass is 19.1. The van der Waals surface area contributed by atoms with Gasteiger partial charge in [0.15, 0.2) is 0 Å². The van der Waals surface area contributed by atoms with Crippen LogP contribution in [0.5, 0.6) is 0 Å². The third-order valence-corrected chi connectivity index (χ3v) is 5.77. The lowest BCUT2D eigenvalue weighted by Crippen LogP contribution is -2.52. The molecule has 0 radical (unpaired) electrons. The first kappa shape index (κ1) is 21.0. The molecule has 4 rings (SSSR count). The summed E-state index contributed by atoms with van der Waals surface area (Å²) in [6.45, 7) is 2.29. The molecule has 1 aromatic heterocycles. The molecular formula is C23H26FN5O2. The molecular weight excluding hydrogens is 397 g/mol. The molecule has 1 aliphatic heterocycles. The van der Waals surface area contributed by atoms with E-state index in [1.54, 1.807) is 25.1 Å². The van der Waals surface area contributed by atoms with Crippen LogP contribution in [0, 0.1) is 5.82 Å². The van der Waals surface area contributed by atoms with Crippen LogP contribution in [0.4, 0.5) is 10.2 Å². The minimum atomic E-state index is -0.690. The molecule has 1 unspecified atom stereocenters. The Morgan fingerprint density at radius 1 is 1.19 bits per heavy atom. The van der Waals surface area contributed by atoms with Crippen LogP contribution in [0.3, 0.4) is 0 Å². The highest BCUT2D eigenvalue weighted by Crippen LogP contribution is 2.30. The number of hydrogen-bond acceptors (Lipinski definition) is 5. The first-order valence-electron chi connectivity index (χ1n) is 10.5. The quantitative estimate of drug-likeness (QED) is 0.587. The largest absolute Gasteiger partial charge is 0.384 e. The highest BCUT2D eigenvalue weighted by Gasteiger charge is 2.28. The SMILES string of the molecule is CC(NC(=O)[C@@H]1C=C(c2ccc(F)cc2)CCN1)C(=O)N[C@@H]1CCc2nc(N)ccc21. The van der Waals surface area contributed by atoms with E-state index in [9.17, 15) is 14.0 Å². The van der Waals surface area contributed by atoms with Crippen LogP contribution in [-0.4, -0.2) is 35.4 Å². The first-order chi connectivity index (χ1) is 14.9. The summed E-state index contributed by atoms with van der Waals surface area (Å²) < 4.78 is 13.2. The van der Waals surface area contributed by atoms with Crippen LogP contribution in [0.2, 0.25) is 0 Å². The number of nitrogens with one attached hydrogen (secondary N) is 3. The fourth-order valence-electron chi connectivity index (χ4n) is 4.08. The average Bonchev–Trinajstić information content (AvgIpc) is 3.15. The van der Waals surface area contributed by atoms with E-state index in [-0.39, 0.29) is 23.7 Å². The van der Waals surface area contributed by atoms with Crippen LogP contribution in [0.1, 0.15) is 42.6 Å². The zero-order valence-electron chi connectivity index (χ0n) is 17.3. The van der Waals surface area contributed by atoms with Crippen LogP contribution in [0.15, 0.2) is 42.5 Å². The van der Waals surface area contributed by atoms with Gasteiger partial charge < -0.3 is 21.7 Å². The van der Waals surface area contributed by atoms with Gasteiger partial charge in [-0.05, 0) is 61.1 Å². The molecule has 0 saturated heterocycles. The molecule has 5 N–H and O–H groups in total. The summed E-state index contributed by atoms with van der Waals surface area (Å²) in [6, 6.07) is 8.48. The molecule has 162 valence electrons. The number of nitrogens with two attached hydrogens (primary N) is 1. The number of halogens is 1. The van der Waals surface area contributed by atoms with Gasteiger partial charge in [-0.1, -0.05) is 24.3 Å². The second kappa shape index (κ2) is 8.85. The van der Waals surface area contributed by atoms with Crippen molar-refractivity contribution in [2.24, 2.45) is 0 Å². The fraction of sp³-hybridized carbons (Fsp3) is 0.348. The Morgan fingerprint density at radius 3 is 2.74 bits per heavy atom. The number of amides is 2. The predicted molar refractivity (Wildman–Crippen MR) is 116 cm³/mol. The van der Waals surface area contributed by atoms with Crippen molar-refractivity contribution in [3.05, 3.63) is 65.1 Å². The van der Waals surface area contributed by atoms with E-state index < -0.39 is 12.1 Å². The number of carbonyl (C=O) groups is 2.